The van der Waals surface area contributed by atoms with Gasteiger partial charge in [0.25, 0.3) is 0 Å². The van der Waals surface area contributed by atoms with Gasteiger partial charge in [0.05, 0.1) is 0 Å². The van der Waals surface area contributed by atoms with Gasteiger partial charge in [-0.05, 0) is 36.5 Å². The molecular formula is C15H20N2. The molecular weight excluding hydrogens is 208 g/mol. The molecule has 2 heteroatoms. The third-order valence-corrected chi connectivity index (χ3v) is 2.88. The summed E-state index contributed by atoms with van der Waals surface area (Å²) in [6.07, 6.45) is 0. The van der Waals surface area contributed by atoms with E-state index in [9.17, 15) is 0 Å². The van der Waals surface area contributed by atoms with E-state index in [2.05, 4.69) is 66.8 Å². The Kier molecular flexibility index (Phi) is 4.13. The van der Waals surface area contributed by atoms with Crippen LogP contribution in [-0.2, 0) is 6.54 Å². The van der Waals surface area contributed by atoms with E-state index >= 15 is 0 Å². The van der Waals surface area contributed by atoms with E-state index in [1.165, 1.54) is 16.3 Å². The van der Waals surface area contributed by atoms with E-state index in [4.69, 9.17) is 0 Å². The zero-order valence-electron chi connectivity index (χ0n) is 10.6. The summed E-state index contributed by atoms with van der Waals surface area (Å²) in [7, 11) is 4.19. The Balaban J connectivity index is 1.95. The molecule has 0 aromatic heterocycles. The molecule has 0 fully saturated rings. The van der Waals surface area contributed by atoms with Crippen molar-refractivity contribution in [2.45, 2.75) is 6.54 Å². The summed E-state index contributed by atoms with van der Waals surface area (Å²) >= 11 is 0. The van der Waals surface area contributed by atoms with Gasteiger partial charge in [0.2, 0.25) is 0 Å². The number of nitrogens with zero attached hydrogens (tertiary/aromatic N) is 1. The van der Waals surface area contributed by atoms with Gasteiger partial charge in [-0.2, -0.15) is 0 Å². The van der Waals surface area contributed by atoms with E-state index in [1.807, 2.05) is 0 Å². The quantitative estimate of drug-likeness (QED) is 0.791. The highest BCUT2D eigenvalue weighted by Crippen LogP contribution is 2.15. The SMILES string of the molecule is CN(C)CCNCc1ccc2ccccc2c1. The van der Waals surface area contributed by atoms with Crippen molar-refractivity contribution in [3.8, 4) is 0 Å². The molecule has 0 aliphatic rings. The molecule has 90 valence electrons. The van der Waals surface area contributed by atoms with E-state index in [-0.39, 0.29) is 0 Å². The third-order valence-electron chi connectivity index (χ3n) is 2.88. The monoisotopic (exact) mass is 228 g/mol. The molecule has 0 bridgehead atoms. The fraction of sp³-hybridized carbons (Fsp3) is 0.333. The molecule has 0 atom stereocenters. The molecule has 0 amide bonds. The number of fused-ring (bicyclic) bond motifs is 1. The van der Waals surface area contributed by atoms with E-state index in [0.717, 1.165) is 19.6 Å². The van der Waals surface area contributed by atoms with Gasteiger partial charge in [-0.1, -0.05) is 36.4 Å². The first kappa shape index (κ1) is 12.1. The number of nitrogens with one attached hydrogen (secondary N) is 1. The number of hydrogen-bond donors (Lipinski definition) is 1. The van der Waals surface area contributed by atoms with Gasteiger partial charge >= 0.3 is 0 Å². The zero-order chi connectivity index (χ0) is 12.1. The predicted octanol–water partition coefficient (Wildman–Crippen LogP) is 2.49. The molecule has 2 nitrogen and oxygen atoms in total. The lowest BCUT2D eigenvalue weighted by atomic mass is 10.1. The second-order valence-electron chi connectivity index (χ2n) is 4.66. The molecule has 2 rings (SSSR count). The molecule has 0 aliphatic heterocycles. The van der Waals surface area contributed by atoms with Gasteiger partial charge in [-0.15, -0.1) is 0 Å². The molecule has 17 heavy (non-hydrogen) atoms. The van der Waals surface area contributed by atoms with Gasteiger partial charge in [0.1, 0.15) is 0 Å². The average molecular weight is 228 g/mol. The Labute approximate surface area is 103 Å². The smallest absolute Gasteiger partial charge is 0.0206 e. The summed E-state index contributed by atoms with van der Waals surface area (Å²) in [6.45, 7) is 3.05. The topological polar surface area (TPSA) is 15.3 Å². The molecule has 0 unspecified atom stereocenters. The van der Waals surface area contributed by atoms with Crippen molar-refractivity contribution in [2.75, 3.05) is 27.2 Å². The molecule has 0 saturated heterocycles. The number of likely N-dealkylation sites (N-methyl/N-ethyl adjacent to an activating group) is 1. The van der Waals surface area contributed by atoms with Crippen LogP contribution in [0.15, 0.2) is 42.5 Å². The summed E-state index contributed by atoms with van der Waals surface area (Å²) in [5, 5.41) is 6.08. The highest BCUT2D eigenvalue weighted by atomic mass is 15.1. The van der Waals surface area contributed by atoms with Gasteiger partial charge < -0.3 is 10.2 Å². The van der Waals surface area contributed by atoms with Crippen molar-refractivity contribution in [3.05, 3.63) is 48.0 Å². The van der Waals surface area contributed by atoms with Crippen molar-refractivity contribution in [1.29, 1.82) is 0 Å². The predicted molar refractivity (Wildman–Crippen MR) is 74.2 cm³/mol. The first-order valence-corrected chi connectivity index (χ1v) is 6.09. The molecule has 0 heterocycles. The Morgan fingerprint density at radius 2 is 1.76 bits per heavy atom. The summed E-state index contributed by atoms with van der Waals surface area (Å²) < 4.78 is 0. The van der Waals surface area contributed by atoms with Crippen LogP contribution < -0.4 is 5.32 Å². The minimum absolute atomic E-state index is 0.943. The summed E-state index contributed by atoms with van der Waals surface area (Å²) in [4.78, 5) is 2.19. The van der Waals surface area contributed by atoms with Crippen molar-refractivity contribution in [1.82, 2.24) is 10.2 Å². The van der Waals surface area contributed by atoms with E-state index < -0.39 is 0 Å². The second-order valence-corrected chi connectivity index (χ2v) is 4.66. The molecule has 0 aliphatic carbocycles. The maximum absolute atomic E-state index is 3.46. The highest BCUT2D eigenvalue weighted by molar-refractivity contribution is 5.82. The molecule has 2 aromatic rings. The van der Waals surface area contributed by atoms with Crippen LogP contribution in [0.1, 0.15) is 5.56 Å². The first-order valence-electron chi connectivity index (χ1n) is 6.09. The Morgan fingerprint density at radius 1 is 1.00 bits per heavy atom. The fourth-order valence-electron chi connectivity index (χ4n) is 1.88. The second kappa shape index (κ2) is 5.80. The Hall–Kier alpha value is -1.38. The summed E-state index contributed by atoms with van der Waals surface area (Å²) in [5.41, 5.74) is 1.35. The van der Waals surface area contributed by atoms with Crippen LogP contribution in [0.3, 0.4) is 0 Å². The largest absolute Gasteiger partial charge is 0.311 e. The van der Waals surface area contributed by atoms with Crippen molar-refractivity contribution in [3.63, 3.8) is 0 Å². The molecule has 0 saturated carbocycles. The van der Waals surface area contributed by atoms with Gasteiger partial charge in [-0.3, -0.25) is 0 Å². The highest BCUT2D eigenvalue weighted by Gasteiger charge is 1.96. The molecule has 0 radical (unpaired) electrons. The Bertz CT molecular complexity index is 477. The van der Waals surface area contributed by atoms with E-state index in [1.54, 1.807) is 0 Å². The maximum Gasteiger partial charge on any atom is 0.0206 e. The fourth-order valence-corrected chi connectivity index (χ4v) is 1.88. The van der Waals surface area contributed by atoms with Gasteiger partial charge in [0.15, 0.2) is 0 Å². The van der Waals surface area contributed by atoms with Gasteiger partial charge in [0, 0.05) is 19.6 Å². The number of hydrogen-bond acceptors (Lipinski definition) is 2. The van der Waals surface area contributed by atoms with Crippen LogP contribution in [0.25, 0.3) is 10.8 Å². The van der Waals surface area contributed by atoms with Crippen LogP contribution in [0.4, 0.5) is 0 Å². The maximum atomic E-state index is 3.46. The summed E-state index contributed by atoms with van der Waals surface area (Å²) in [5.74, 6) is 0. The lowest BCUT2D eigenvalue weighted by Crippen LogP contribution is -2.26. The standard InChI is InChI=1S/C15H20N2/c1-17(2)10-9-16-12-13-7-8-14-5-3-4-6-15(14)11-13/h3-8,11,16H,9-10,12H2,1-2H3. The lowest BCUT2D eigenvalue weighted by molar-refractivity contribution is 0.400. The average Bonchev–Trinajstić information content (AvgIpc) is 2.34. The minimum Gasteiger partial charge on any atom is -0.311 e. The minimum atomic E-state index is 0.943. The van der Waals surface area contributed by atoms with Crippen LogP contribution in [0.2, 0.25) is 0 Å². The van der Waals surface area contributed by atoms with Crippen LogP contribution in [0, 0.1) is 0 Å². The van der Waals surface area contributed by atoms with Crippen LogP contribution in [0.5, 0.6) is 0 Å². The van der Waals surface area contributed by atoms with Crippen molar-refractivity contribution in [2.24, 2.45) is 0 Å². The van der Waals surface area contributed by atoms with Crippen LogP contribution >= 0.6 is 0 Å². The number of benzene rings is 2. The van der Waals surface area contributed by atoms with Crippen molar-refractivity contribution < 1.29 is 0 Å². The van der Waals surface area contributed by atoms with Crippen molar-refractivity contribution >= 4 is 10.8 Å². The van der Waals surface area contributed by atoms with Gasteiger partial charge in [-0.25, -0.2) is 0 Å². The third kappa shape index (κ3) is 3.55. The molecule has 2 aromatic carbocycles. The molecule has 1 N–H and O–H groups in total. The first-order chi connectivity index (χ1) is 8.25. The van der Waals surface area contributed by atoms with E-state index in [0.29, 0.717) is 0 Å². The normalized spacial score (nSPS) is 11.2. The Morgan fingerprint density at radius 3 is 2.53 bits per heavy atom. The molecule has 0 spiro atoms. The number of rotatable bonds is 5. The summed E-state index contributed by atoms with van der Waals surface area (Å²) in [6, 6.07) is 15.1. The van der Waals surface area contributed by atoms with Crippen LogP contribution in [-0.4, -0.2) is 32.1 Å². The lowest BCUT2D eigenvalue weighted by Gasteiger charge is -2.10. The zero-order valence-corrected chi connectivity index (χ0v) is 10.6.